The molecule has 0 N–H and O–H groups in total. The van der Waals surface area contributed by atoms with Gasteiger partial charge in [-0.1, -0.05) is 133 Å². The molecule has 0 heterocycles. The second kappa shape index (κ2) is 8.67. The standard InChI is InChI=1S/C32H26Cl2Si/c1-3-20-35(2,30-27-18-10-6-14-23(27)24-15-7-11-19-28(24)30)31(32(33)34)29-25-16-8-4-12-21(25)22-13-5-9-17-26(22)29/h3-19,29-30H,1,20H2,2H3. The largest absolute Gasteiger partial charge is 0.103 e. The molecule has 0 saturated heterocycles. The lowest BCUT2D eigenvalue weighted by atomic mass is 9.97. The van der Waals surface area contributed by atoms with Crippen molar-refractivity contribution in [1.82, 2.24) is 0 Å². The Morgan fingerprint density at radius 3 is 1.46 bits per heavy atom. The number of halogens is 2. The van der Waals surface area contributed by atoms with Crippen LogP contribution in [0.25, 0.3) is 22.3 Å². The highest BCUT2D eigenvalue weighted by Gasteiger charge is 2.50. The van der Waals surface area contributed by atoms with E-state index in [1.807, 2.05) is 0 Å². The van der Waals surface area contributed by atoms with Gasteiger partial charge >= 0.3 is 0 Å². The molecule has 172 valence electrons. The average Bonchev–Trinajstić information content (AvgIpc) is 3.38. The van der Waals surface area contributed by atoms with Crippen molar-refractivity contribution in [3.8, 4) is 22.3 Å². The minimum absolute atomic E-state index is 0.0453. The summed E-state index contributed by atoms with van der Waals surface area (Å²) in [5, 5.41) is 1.20. The molecule has 0 spiro atoms. The molecule has 2 aliphatic carbocycles. The first-order valence-corrected chi connectivity index (χ1v) is 15.6. The fraction of sp³-hybridized carbons (Fsp3) is 0.125. The Morgan fingerprint density at radius 1 is 0.686 bits per heavy atom. The van der Waals surface area contributed by atoms with Gasteiger partial charge < -0.3 is 0 Å². The molecule has 0 bridgehead atoms. The summed E-state index contributed by atoms with van der Waals surface area (Å²) in [6, 6.07) is 36.0. The highest BCUT2D eigenvalue weighted by molar-refractivity contribution is 6.90. The molecule has 1 unspecified atom stereocenters. The first kappa shape index (κ1) is 22.6. The van der Waals surface area contributed by atoms with Crippen LogP contribution in [0.3, 0.4) is 0 Å². The van der Waals surface area contributed by atoms with Crippen molar-refractivity contribution in [2.75, 3.05) is 0 Å². The molecule has 0 radical (unpaired) electrons. The molecule has 0 amide bonds. The van der Waals surface area contributed by atoms with E-state index in [1.165, 1.54) is 49.7 Å². The van der Waals surface area contributed by atoms with Crippen LogP contribution >= 0.6 is 23.2 Å². The summed E-state index contributed by atoms with van der Waals surface area (Å²) in [6.45, 7) is 6.67. The predicted molar refractivity (Wildman–Crippen MR) is 153 cm³/mol. The zero-order valence-electron chi connectivity index (χ0n) is 19.6. The molecular weight excluding hydrogens is 483 g/mol. The number of hydrogen-bond acceptors (Lipinski definition) is 0. The molecule has 3 heteroatoms. The number of allylic oxidation sites excluding steroid dienone is 2. The van der Waals surface area contributed by atoms with E-state index in [0.717, 1.165) is 6.04 Å². The molecule has 2 aliphatic rings. The van der Waals surface area contributed by atoms with Gasteiger partial charge in [-0.25, -0.2) is 0 Å². The molecule has 6 rings (SSSR count). The van der Waals surface area contributed by atoms with Gasteiger partial charge in [0, 0.05) is 11.5 Å². The third-order valence-electron chi connectivity index (χ3n) is 7.98. The normalized spacial score (nSPS) is 15.5. The van der Waals surface area contributed by atoms with Crippen LogP contribution in [0.1, 0.15) is 33.7 Å². The molecule has 4 aromatic carbocycles. The Morgan fingerprint density at radius 2 is 1.06 bits per heavy atom. The van der Waals surface area contributed by atoms with E-state index in [4.69, 9.17) is 23.2 Å². The van der Waals surface area contributed by atoms with Crippen LogP contribution in [0.4, 0.5) is 0 Å². The maximum absolute atomic E-state index is 6.96. The first-order chi connectivity index (χ1) is 17.1. The van der Waals surface area contributed by atoms with E-state index < -0.39 is 8.07 Å². The minimum Gasteiger partial charge on any atom is -0.103 e. The van der Waals surface area contributed by atoms with Gasteiger partial charge in [-0.3, -0.25) is 0 Å². The zero-order valence-corrected chi connectivity index (χ0v) is 22.2. The van der Waals surface area contributed by atoms with Crippen molar-refractivity contribution < 1.29 is 0 Å². The van der Waals surface area contributed by atoms with Crippen LogP contribution < -0.4 is 0 Å². The van der Waals surface area contributed by atoms with Gasteiger partial charge in [0.25, 0.3) is 0 Å². The van der Waals surface area contributed by atoms with Crippen molar-refractivity contribution in [3.63, 3.8) is 0 Å². The maximum atomic E-state index is 6.96. The molecule has 0 aromatic heterocycles. The lowest BCUT2D eigenvalue weighted by Gasteiger charge is -2.40. The quantitative estimate of drug-likeness (QED) is 0.186. The Hall–Kier alpha value is -2.84. The molecule has 0 aliphatic heterocycles. The summed E-state index contributed by atoms with van der Waals surface area (Å²) in [6.07, 6.45) is 2.08. The predicted octanol–water partition coefficient (Wildman–Crippen LogP) is 9.64. The maximum Gasteiger partial charge on any atom is 0.103 e. The van der Waals surface area contributed by atoms with E-state index in [0.29, 0.717) is 4.49 Å². The Bertz CT molecular complexity index is 1410. The second-order valence-electron chi connectivity index (χ2n) is 9.80. The Labute approximate surface area is 218 Å². The van der Waals surface area contributed by atoms with Crippen LogP contribution in [0.2, 0.25) is 12.6 Å². The van der Waals surface area contributed by atoms with E-state index >= 15 is 0 Å². The lowest BCUT2D eigenvalue weighted by Crippen LogP contribution is -2.43. The summed E-state index contributed by atoms with van der Waals surface area (Å²) >= 11 is 13.9. The molecule has 35 heavy (non-hydrogen) atoms. The van der Waals surface area contributed by atoms with Crippen molar-refractivity contribution in [2.24, 2.45) is 0 Å². The van der Waals surface area contributed by atoms with Crippen LogP contribution in [0.5, 0.6) is 0 Å². The number of benzene rings is 4. The third kappa shape index (κ3) is 3.33. The lowest BCUT2D eigenvalue weighted by molar-refractivity contribution is 0.992. The topological polar surface area (TPSA) is 0 Å². The van der Waals surface area contributed by atoms with Gasteiger partial charge in [-0.15, -0.1) is 6.58 Å². The number of hydrogen-bond donors (Lipinski definition) is 0. The summed E-state index contributed by atoms with van der Waals surface area (Å²) < 4.78 is 0.416. The van der Waals surface area contributed by atoms with Crippen molar-refractivity contribution >= 4 is 31.3 Å². The van der Waals surface area contributed by atoms with E-state index in [1.54, 1.807) is 0 Å². The zero-order chi connectivity index (χ0) is 24.2. The van der Waals surface area contributed by atoms with Crippen molar-refractivity contribution in [3.05, 3.63) is 142 Å². The van der Waals surface area contributed by atoms with Crippen molar-refractivity contribution in [2.45, 2.75) is 24.1 Å². The van der Waals surface area contributed by atoms with Crippen molar-refractivity contribution in [1.29, 1.82) is 0 Å². The SMILES string of the molecule is C=CC[Si](C)(C(=C(Cl)Cl)C1c2ccccc2-c2ccccc21)C1c2ccccc2-c2ccccc21. The Kier molecular flexibility index (Phi) is 5.60. The molecule has 4 aromatic rings. The smallest absolute Gasteiger partial charge is 0.103 e. The molecule has 0 saturated carbocycles. The van der Waals surface area contributed by atoms with Gasteiger partial charge in [0.05, 0.1) is 8.07 Å². The van der Waals surface area contributed by atoms with E-state index in [9.17, 15) is 0 Å². The molecule has 0 fully saturated rings. The fourth-order valence-corrected chi connectivity index (χ4v) is 12.8. The average molecular weight is 510 g/mol. The van der Waals surface area contributed by atoms with Gasteiger partial charge in [0.1, 0.15) is 4.49 Å². The van der Waals surface area contributed by atoms with Gasteiger partial charge in [-0.2, -0.15) is 0 Å². The second-order valence-corrected chi connectivity index (χ2v) is 15.1. The van der Waals surface area contributed by atoms with Gasteiger partial charge in [0.15, 0.2) is 0 Å². The summed E-state index contributed by atoms with van der Waals surface area (Å²) in [5.74, 6) is 0.0453. The monoisotopic (exact) mass is 508 g/mol. The summed E-state index contributed by atoms with van der Waals surface area (Å²) in [7, 11) is -2.42. The highest BCUT2D eigenvalue weighted by Crippen LogP contribution is 2.58. The van der Waals surface area contributed by atoms with Crippen LogP contribution in [0.15, 0.2) is 119 Å². The molecule has 0 nitrogen and oxygen atoms in total. The summed E-state index contributed by atoms with van der Waals surface area (Å²) in [4.78, 5) is 0. The van der Waals surface area contributed by atoms with Crippen LogP contribution in [-0.4, -0.2) is 8.07 Å². The molecular formula is C32H26Cl2Si. The summed E-state index contributed by atoms with van der Waals surface area (Å²) in [5.41, 5.74) is 10.8. The number of fused-ring (bicyclic) bond motifs is 6. The third-order valence-corrected chi connectivity index (χ3v) is 13.5. The molecule has 1 atom stereocenters. The first-order valence-electron chi connectivity index (χ1n) is 12.1. The Balaban J connectivity index is 1.63. The van der Waals surface area contributed by atoms with Crippen LogP contribution in [-0.2, 0) is 0 Å². The minimum atomic E-state index is -2.42. The highest BCUT2D eigenvalue weighted by atomic mass is 35.5. The fourth-order valence-electron chi connectivity index (χ4n) is 6.65. The number of rotatable bonds is 5. The van der Waals surface area contributed by atoms with Gasteiger partial charge in [-0.05, 0) is 55.7 Å². The van der Waals surface area contributed by atoms with E-state index in [2.05, 4.69) is 116 Å². The van der Waals surface area contributed by atoms with Gasteiger partial charge in [0.2, 0.25) is 0 Å². The van der Waals surface area contributed by atoms with E-state index in [-0.39, 0.29) is 11.5 Å². The van der Waals surface area contributed by atoms with Crippen LogP contribution in [0, 0.1) is 0 Å².